The van der Waals surface area contributed by atoms with Crippen molar-refractivity contribution >= 4 is 11.6 Å². The maximum absolute atomic E-state index is 12.1. The van der Waals surface area contributed by atoms with Crippen molar-refractivity contribution in [1.82, 2.24) is 5.32 Å². The Balaban J connectivity index is 1.69. The van der Waals surface area contributed by atoms with Crippen molar-refractivity contribution in [3.8, 4) is 0 Å². The van der Waals surface area contributed by atoms with E-state index in [4.69, 9.17) is 0 Å². The number of carbonyl (C=O) groups is 1. The number of unbranched alkanes of at least 4 members (excludes halogenated alkanes) is 1. The van der Waals surface area contributed by atoms with E-state index in [0.717, 1.165) is 30.5 Å². The molecule has 0 fully saturated rings. The molecule has 0 aliphatic rings. The summed E-state index contributed by atoms with van der Waals surface area (Å²) in [6.07, 6.45) is 2.03. The van der Waals surface area contributed by atoms with Gasteiger partial charge in [0.05, 0.1) is 0 Å². The first-order chi connectivity index (χ1) is 11.1. The fraction of sp³-hybridized carbons (Fsp3) is 0.350. The molecule has 0 saturated carbocycles. The predicted octanol–water partition coefficient (Wildman–Crippen LogP) is 3.95. The zero-order valence-electron chi connectivity index (χ0n) is 14.3. The van der Waals surface area contributed by atoms with E-state index >= 15 is 0 Å². The first-order valence-corrected chi connectivity index (χ1v) is 8.19. The Kier molecular flexibility index (Phi) is 6.21. The minimum atomic E-state index is 0.0181. The summed E-state index contributed by atoms with van der Waals surface area (Å²) in [4.78, 5) is 14.3. The number of hydrogen-bond acceptors (Lipinski definition) is 2. The van der Waals surface area contributed by atoms with Crippen LogP contribution < -0.4 is 10.2 Å². The highest BCUT2D eigenvalue weighted by Crippen LogP contribution is 2.12. The standard InChI is InChI=1S/C20H26N2O/c1-16-11-12-18(15-17(16)2)20(23)21-13-7-8-14-22(3)19-9-5-4-6-10-19/h4-6,9-12,15H,7-8,13-14H2,1-3H3,(H,21,23). The van der Waals surface area contributed by atoms with E-state index < -0.39 is 0 Å². The molecule has 122 valence electrons. The van der Waals surface area contributed by atoms with Crippen molar-refractivity contribution in [3.05, 3.63) is 65.2 Å². The van der Waals surface area contributed by atoms with E-state index in [0.29, 0.717) is 6.54 Å². The molecule has 0 aliphatic carbocycles. The van der Waals surface area contributed by atoms with E-state index in [2.05, 4.69) is 48.5 Å². The molecule has 0 radical (unpaired) electrons. The molecule has 0 aromatic heterocycles. The quantitative estimate of drug-likeness (QED) is 0.785. The molecule has 0 spiro atoms. The zero-order valence-corrected chi connectivity index (χ0v) is 14.3. The predicted molar refractivity (Wildman–Crippen MR) is 97.2 cm³/mol. The minimum absolute atomic E-state index is 0.0181. The molecular formula is C20H26N2O. The zero-order chi connectivity index (χ0) is 16.7. The number of amides is 1. The Labute approximate surface area is 139 Å². The van der Waals surface area contributed by atoms with Crippen LogP contribution in [0.25, 0.3) is 0 Å². The Bertz CT molecular complexity index is 637. The summed E-state index contributed by atoms with van der Waals surface area (Å²) < 4.78 is 0. The highest BCUT2D eigenvalue weighted by molar-refractivity contribution is 5.94. The summed E-state index contributed by atoms with van der Waals surface area (Å²) in [6, 6.07) is 16.2. The Morgan fingerprint density at radius 2 is 1.74 bits per heavy atom. The largest absolute Gasteiger partial charge is 0.375 e. The Morgan fingerprint density at radius 1 is 1.00 bits per heavy atom. The van der Waals surface area contributed by atoms with Gasteiger partial charge >= 0.3 is 0 Å². The van der Waals surface area contributed by atoms with Gasteiger partial charge in [0.25, 0.3) is 5.91 Å². The average Bonchev–Trinajstić information content (AvgIpc) is 2.57. The van der Waals surface area contributed by atoms with Crippen molar-refractivity contribution in [3.63, 3.8) is 0 Å². The smallest absolute Gasteiger partial charge is 0.251 e. The molecule has 2 rings (SSSR count). The highest BCUT2D eigenvalue weighted by atomic mass is 16.1. The number of aryl methyl sites for hydroxylation is 2. The lowest BCUT2D eigenvalue weighted by Crippen LogP contribution is -2.26. The van der Waals surface area contributed by atoms with E-state index in [1.165, 1.54) is 11.3 Å². The van der Waals surface area contributed by atoms with Crippen LogP contribution >= 0.6 is 0 Å². The number of nitrogens with zero attached hydrogens (tertiary/aromatic N) is 1. The lowest BCUT2D eigenvalue weighted by molar-refractivity contribution is 0.0953. The van der Waals surface area contributed by atoms with Crippen molar-refractivity contribution in [2.45, 2.75) is 26.7 Å². The molecule has 2 aromatic carbocycles. The second-order valence-corrected chi connectivity index (χ2v) is 6.02. The van der Waals surface area contributed by atoms with Crippen LogP contribution in [0.4, 0.5) is 5.69 Å². The topological polar surface area (TPSA) is 32.3 Å². The first kappa shape index (κ1) is 17.1. The van der Waals surface area contributed by atoms with Gasteiger partial charge in [-0.3, -0.25) is 4.79 Å². The maximum atomic E-state index is 12.1. The summed E-state index contributed by atoms with van der Waals surface area (Å²) in [5.41, 5.74) is 4.34. The minimum Gasteiger partial charge on any atom is -0.375 e. The summed E-state index contributed by atoms with van der Waals surface area (Å²) in [5, 5.41) is 3.00. The Hall–Kier alpha value is -2.29. The molecule has 0 heterocycles. The number of nitrogens with one attached hydrogen (secondary N) is 1. The van der Waals surface area contributed by atoms with E-state index in [9.17, 15) is 4.79 Å². The molecule has 1 N–H and O–H groups in total. The normalized spacial score (nSPS) is 10.4. The second-order valence-electron chi connectivity index (χ2n) is 6.02. The third kappa shape index (κ3) is 5.13. The molecule has 23 heavy (non-hydrogen) atoms. The van der Waals surface area contributed by atoms with Crippen LogP contribution in [0.1, 0.15) is 34.3 Å². The van der Waals surface area contributed by atoms with Crippen LogP contribution in [0.15, 0.2) is 48.5 Å². The van der Waals surface area contributed by atoms with Gasteiger partial charge in [0.15, 0.2) is 0 Å². The van der Waals surface area contributed by atoms with Gasteiger partial charge in [-0.05, 0) is 62.1 Å². The Morgan fingerprint density at radius 3 is 2.43 bits per heavy atom. The third-order valence-corrected chi connectivity index (χ3v) is 4.17. The summed E-state index contributed by atoms with van der Waals surface area (Å²) in [6.45, 7) is 5.80. The number of rotatable bonds is 7. The molecule has 2 aromatic rings. The first-order valence-electron chi connectivity index (χ1n) is 8.19. The lowest BCUT2D eigenvalue weighted by Gasteiger charge is -2.19. The van der Waals surface area contributed by atoms with E-state index in [1.807, 2.05) is 31.2 Å². The molecule has 1 amide bonds. The van der Waals surface area contributed by atoms with Gasteiger partial charge in [0, 0.05) is 31.4 Å². The highest BCUT2D eigenvalue weighted by Gasteiger charge is 2.06. The fourth-order valence-electron chi connectivity index (χ4n) is 2.47. The van der Waals surface area contributed by atoms with Gasteiger partial charge in [-0.25, -0.2) is 0 Å². The van der Waals surface area contributed by atoms with Gasteiger partial charge in [0.1, 0.15) is 0 Å². The van der Waals surface area contributed by atoms with Crippen molar-refractivity contribution in [2.75, 3.05) is 25.0 Å². The summed E-state index contributed by atoms with van der Waals surface area (Å²) in [7, 11) is 2.10. The number of anilines is 1. The molecule has 0 saturated heterocycles. The van der Waals surface area contributed by atoms with Crippen LogP contribution in [-0.2, 0) is 0 Å². The molecule has 0 aliphatic heterocycles. The van der Waals surface area contributed by atoms with Crippen LogP contribution in [0.5, 0.6) is 0 Å². The number of carbonyl (C=O) groups excluding carboxylic acids is 1. The fourth-order valence-corrected chi connectivity index (χ4v) is 2.47. The maximum Gasteiger partial charge on any atom is 0.251 e. The average molecular weight is 310 g/mol. The van der Waals surface area contributed by atoms with Gasteiger partial charge < -0.3 is 10.2 Å². The van der Waals surface area contributed by atoms with Gasteiger partial charge in [0.2, 0.25) is 0 Å². The molecule has 3 nitrogen and oxygen atoms in total. The summed E-state index contributed by atoms with van der Waals surface area (Å²) >= 11 is 0. The van der Waals surface area contributed by atoms with E-state index in [1.54, 1.807) is 0 Å². The van der Waals surface area contributed by atoms with Gasteiger partial charge in [-0.2, -0.15) is 0 Å². The molecular weight excluding hydrogens is 284 g/mol. The van der Waals surface area contributed by atoms with Crippen molar-refractivity contribution in [2.24, 2.45) is 0 Å². The van der Waals surface area contributed by atoms with Crippen molar-refractivity contribution < 1.29 is 4.79 Å². The second kappa shape index (κ2) is 8.37. The number of benzene rings is 2. The number of hydrogen-bond donors (Lipinski definition) is 1. The molecule has 0 bridgehead atoms. The SMILES string of the molecule is Cc1ccc(C(=O)NCCCCN(C)c2ccccc2)cc1C. The van der Waals surface area contributed by atoms with Crippen LogP contribution in [0.3, 0.4) is 0 Å². The van der Waals surface area contributed by atoms with E-state index in [-0.39, 0.29) is 5.91 Å². The molecule has 0 atom stereocenters. The summed E-state index contributed by atoms with van der Waals surface area (Å²) in [5.74, 6) is 0.0181. The third-order valence-electron chi connectivity index (χ3n) is 4.17. The molecule has 3 heteroatoms. The van der Waals surface area contributed by atoms with Crippen LogP contribution in [0, 0.1) is 13.8 Å². The van der Waals surface area contributed by atoms with Gasteiger partial charge in [-0.15, -0.1) is 0 Å². The number of para-hydroxylation sites is 1. The van der Waals surface area contributed by atoms with Crippen molar-refractivity contribution in [1.29, 1.82) is 0 Å². The van der Waals surface area contributed by atoms with Crippen LogP contribution in [-0.4, -0.2) is 26.0 Å². The molecule has 0 unspecified atom stereocenters. The van der Waals surface area contributed by atoms with Crippen LogP contribution in [0.2, 0.25) is 0 Å². The lowest BCUT2D eigenvalue weighted by atomic mass is 10.1. The monoisotopic (exact) mass is 310 g/mol. The van der Waals surface area contributed by atoms with Gasteiger partial charge in [-0.1, -0.05) is 24.3 Å².